The maximum Gasteiger partial charge on any atom is 0.472 e. The molecule has 7 heterocycles. The van der Waals surface area contributed by atoms with Crippen molar-refractivity contribution in [1.29, 1.82) is 0 Å². The predicted octanol–water partition coefficient (Wildman–Crippen LogP) is -0.0523. The maximum absolute atomic E-state index is 13.7. The van der Waals surface area contributed by atoms with Gasteiger partial charge in [0.25, 0.3) is 11.1 Å². The van der Waals surface area contributed by atoms with Crippen molar-refractivity contribution < 1.29 is 50.9 Å². The number of fused-ring (bicyclic) bond motifs is 4. The van der Waals surface area contributed by atoms with E-state index in [-0.39, 0.29) is 34.2 Å². The molecule has 0 aliphatic carbocycles. The average Bonchev–Trinajstić information content (AvgIpc) is 3.79. The van der Waals surface area contributed by atoms with Gasteiger partial charge in [0.1, 0.15) is 30.5 Å². The molecule has 3 fully saturated rings. The molecule has 2 unspecified atom stereocenters. The molecule has 27 heteroatoms. The van der Waals surface area contributed by atoms with Crippen molar-refractivity contribution in [2.24, 2.45) is 5.73 Å². The minimum absolute atomic E-state index is 0.000379. The molecule has 7 rings (SSSR count). The molecule has 24 nitrogen and oxygen atoms in total. The van der Waals surface area contributed by atoms with E-state index in [9.17, 15) is 28.5 Å². The first-order valence-electron chi connectivity index (χ1n) is 16.2. The molecule has 4 aromatic heterocycles. The fraction of sp³-hybridized carbons (Fsp3) is 0.615. The van der Waals surface area contributed by atoms with Crippen LogP contribution in [0.4, 0.5) is 11.9 Å². The second kappa shape index (κ2) is 13.1. The van der Waals surface area contributed by atoms with Gasteiger partial charge in [0.2, 0.25) is 11.9 Å². The number of phosphoric ester groups is 2. The number of hydrogen-bond acceptors (Lipinski definition) is 18. The van der Waals surface area contributed by atoms with Gasteiger partial charge in [-0.3, -0.25) is 46.8 Å². The molecular formula is C26H39N11O13P2Si. The summed E-state index contributed by atoms with van der Waals surface area (Å²) in [7, 11) is -12.9. The molecule has 53 heavy (non-hydrogen) atoms. The Kier molecular flexibility index (Phi) is 9.37. The number of imidazole rings is 2. The summed E-state index contributed by atoms with van der Waals surface area (Å²) in [6.07, 6.45) is -7.04. The first-order valence-corrected chi connectivity index (χ1v) is 22.0. The molecule has 0 radical (unpaired) electrons. The molecule has 10 atom stereocenters. The van der Waals surface area contributed by atoms with E-state index in [0.717, 1.165) is 0 Å². The van der Waals surface area contributed by atoms with Crippen LogP contribution >= 0.6 is 15.6 Å². The Balaban J connectivity index is 1.24. The second-order valence-corrected chi connectivity index (χ2v) is 21.8. The van der Waals surface area contributed by atoms with Crippen LogP contribution in [0.25, 0.3) is 22.3 Å². The van der Waals surface area contributed by atoms with Gasteiger partial charge in [-0.05, 0) is 18.1 Å². The fourth-order valence-corrected chi connectivity index (χ4v) is 9.30. The zero-order valence-corrected chi connectivity index (χ0v) is 31.7. The molecule has 0 amide bonds. The molecule has 290 valence electrons. The summed E-state index contributed by atoms with van der Waals surface area (Å²) < 4.78 is 71.1. The topological polar surface area (TPSA) is 344 Å². The predicted molar refractivity (Wildman–Crippen MR) is 184 cm³/mol. The molecule has 0 spiro atoms. The summed E-state index contributed by atoms with van der Waals surface area (Å²) in [5.74, 6) is -0.444. The van der Waals surface area contributed by atoms with Gasteiger partial charge in [0, 0.05) is 0 Å². The number of nitrogens with one attached hydrogen (secondary N) is 2. The van der Waals surface area contributed by atoms with E-state index in [4.69, 9.17) is 49.2 Å². The first kappa shape index (κ1) is 37.9. The third kappa shape index (κ3) is 7.01. The van der Waals surface area contributed by atoms with Gasteiger partial charge in [-0.15, -0.1) is 0 Å². The van der Waals surface area contributed by atoms with Gasteiger partial charge in [0.15, 0.2) is 43.1 Å². The normalized spacial score (nSPS) is 34.5. The zero-order chi connectivity index (χ0) is 38.4. The highest BCUT2D eigenvalue weighted by Gasteiger charge is 2.56. The minimum atomic E-state index is -5.07. The summed E-state index contributed by atoms with van der Waals surface area (Å²) in [5, 5.41) is -0.401. The number of rotatable bonds is 4. The van der Waals surface area contributed by atoms with Crippen LogP contribution in [-0.4, -0.2) is 107 Å². The molecule has 3 aliphatic rings. The lowest BCUT2D eigenvalue weighted by molar-refractivity contribution is -0.0662. The number of anilines is 2. The number of H-pyrrole nitrogens is 2. The first-order chi connectivity index (χ1) is 24.6. The van der Waals surface area contributed by atoms with E-state index >= 15 is 0 Å². The van der Waals surface area contributed by atoms with E-state index in [1.807, 2.05) is 33.9 Å². The van der Waals surface area contributed by atoms with E-state index in [1.165, 1.54) is 21.8 Å². The van der Waals surface area contributed by atoms with Gasteiger partial charge < -0.3 is 40.9 Å². The van der Waals surface area contributed by atoms with Crippen LogP contribution in [0.3, 0.4) is 0 Å². The maximum atomic E-state index is 13.7. The van der Waals surface area contributed by atoms with Crippen molar-refractivity contribution in [1.82, 2.24) is 39.0 Å². The standard InChI is InChI=1S/C26H39N11O13P2Si/c1-26(2,3)53(4,5)50-17-16-11(47-23(17)37-9-31-14-19(37)33-25(29)35-21(14)39)7-45-51(40,41)48-15-10(6-44-52(42,43)49-16)46-22(12(15)27)36-8-30-13-18(36)32-24(28)34-20(13)38/h8-12,15-17,22-23H,6-7,27H2,1-5H3,(H,40,41)(H,42,43)(H3,28,32,34,38)(H3,29,33,35,39)/t10-,11-,12-,15-,16-,17-,22-,23-/m1/s1. The molecule has 0 aromatic carbocycles. The Morgan fingerprint density at radius 3 is 1.81 bits per heavy atom. The Bertz CT molecular complexity index is 2270. The summed E-state index contributed by atoms with van der Waals surface area (Å²) in [5.41, 5.74) is 16.5. The van der Waals surface area contributed by atoms with Crippen LogP contribution < -0.4 is 28.3 Å². The van der Waals surface area contributed by atoms with Crippen LogP contribution in [0.15, 0.2) is 22.2 Å². The number of ether oxygens (including phenoxy) is 2. The largest absolute Gasteiger partial charge is 0.472 e. The van der Waals surface area contributed by atoms with Gasteiger partial charge in [-0.25, -0.2) is 19.1 Å². The third-order valence-electron chi connectivity index (χ3n) is 9.68. The van der Waals surface area contributed by atoms with Gasteiger partial charge >= 0.3 is 15.6 Å². The van der Waals surface area contributed by atoms with Gasteiger partial charge in [-0.2, -0.15) is 9.97 Å². The van der Waals surface area contributed by atoms with Crippen LogP contribution in [-0.2, 0) is 41.1 Å². The Hall–Kier alpha value is -3.42. The molecule has 4 aromatic rings. The quantitative estimate of drug-likeness (QED) is 0.105. The van der Waals surface area contributed by atoms with Crippen LogP contribution in [0.5, 0.6) is 0 Å². The van der Waals surface area contributed by atoms with Crippen molar-refractivity contribution in [3.63, 3.8) is 0 Å². The van der Waals surface area contributed by atoms with Gasteiger partial charge in [0.05, 0.1) is 31.9 Å². The average molecular weight is 804 g/mol. The van der Waals surface area contributed by atoms with Crippen LogP contribution in [0, 0.1) is 0 Å². The Morgan fingerprint density at radius 1 is 0.849 bits per heavy atom. The summed E-state index contributed by atoms with van der Waals surface area (Å²) in [4.78, 5) is 68.3. The number of nitrogen functional groups attached to an aromatic ring is 2. The number of nitrogens with two attached hydrogens (primary N) is 3. The molecule has 0 bridgehead atoms. The molecular weight excluding hydrogens is 764 g/mol. The number of nitrogens with zero attached hydrogens (tertiary/aromatic N) is 6. The number of aromatic nitrogens is 8. The summed E-state index contributed by atoms with van der Waals surface area (Å²) >= 11 is 0. The highest BCUT2D eigenvalue weighted by atomic mass is 31.2. The van der Waals surface area contributed by atoms with Crippen LogP contribution in [0.1, 0.15) is 33.2 Å². The Morgan fingerprint density at radius 2 is 1.30 bits per heavy atom. The SMILES string of the molecule is CC(C)(C)[Si](C)(C)O[C@@H]1[C@@H]2OP(=O)(O)OC[C@H]3O[C@@H](n4cnc5c(=O)[nH]c(N)nc54)[C@H](N)[C@@H]3OP(=O)(O)OC[C@H]2O[C@H]1n1cnc2c(=O)[nH]c(N)nc21. The van der Waals surface area contributed by atoms with Crippen molar-refractivity contribution in [2.45, 2.75) is 87.9 Å². The third-order valence-corrected chi connectivity index (χ3v) is 16.1. The second-order valence-electron chi connectivity index (χ2n) is 14.3. The molecule has 0 saturated carbocycles. The van der Waals surface area contributed by atoms with E-state index < -0.39 is 102 Å². The van der Waals surface area contributed by atoms with Crippen molar-refractivity contribution in [3.05, 3.63) is 33.4 Å². The highest BCUT2D eigenvalue weighted by Crippen LogP contribution is 2.54. The van der Waals surface area contributed by atoms with E-state index in [0.29, 0.717) is 0 Å². The number of phosphoric acid groups is 2. The lowest BCUT2D eigenvalue weighted by Gasteiger charge is -2.40. The monoisotopic (exact) mass is 803 g/mol. The summed E-state index contributed by atoms with van der Waals surface area (Å²) in [6.45, 7) is 8.23. The van der Waals surface area contributed by atoms with Gasteiger partial charge in [-0.1, -0.05) is 20.8 Å². The minimum Gasteiger partial charge on any atom is -0.407 e. The van der Waals surface area contributed by atoms with E-state index in [2.05, 4.69) is 29.9 Å². The number of hydrogen-bond donors (Lipinski definition) is 7. The van der Waals surface area contributed by atoms with Crippen molar-refractivity contribution in [3.8, 4) is 0 Å². The smallest absolute Gasteiger partial charge is 0.407 e. The molecule has 3 aliphatic heterocycles. The summed E-state index contributed by atoms with van der Waals surface area (Å²) in [6, 6.07) is -1.28. The van der Waals surface area contributed by atoms with E-state index in [1.54, 1.807) is 0 Å². The van der Waals surface area contributed by atoms with Crippen LogP contribution in [0.2, 0.25) is 18.1 Å². The molecule has 3 saturated heterocycles. The zero-order valence-electron chi connectivity index (χ0n) is 28.9. The lowest BCUT2D eigenvalue weighted by atomic mass is 10.1. The van der Waals surface area contributed by atoms with Crippen molar-refractivity contribution >= 4 is 58.2 Å². The molecule has 10 N–H and O–H groups in total. The number of aromatic amines is 2. The lowest BCUT2D eigenvalue weighted by Crippen LogP contribution is -2.49. The Labute approximate surface area is 299 Å². The fourth-order valence-electron chi connectivity index (χ4n) is 6.08. The van der Waals surface area contributed by atoms with Crippen molar-refractivity contribution in [2.75, 3.05) is 24.7 Å². The highest BCUT2D eigenvalue weighted by molar-refractivity contribution is 7.47.